The van der Waals surface area contributed by atoms with Crippen LogP contribution in [0.1, 0.15) is 5.56 Å². The number of rotatable bonds is 1. The minimum absolute atomic E-state index is 0.0678. The van der Waals surface area contributed by atoms with Crippen LogP contribution < -0.4 is 4.74 Å². The predicted octanol–water partition coefficient (Wildman–Crippen LogP) is 3.55. The first-order valence-electron chi connectivity index (χ1n) is 3.37. The van der Waals surface area contributed by atoms with Gasteiger partial charge in [0.15, 0.2) is 5.75 Å². The third-order valence-electron chi connectivity index (χ3n) is 1.32. The van der Waals surface area contributed by atoms with Gasteiger partial charge in [0.05, 0.1) is 5.02 Å². The van der Waals surface area contributed by atoms with Gasteiger partial charge in [0, 0.05) is 6.20 Å². The molecule has 1 rings (SSSR count). The fourth-order valence-electron chi connectivity index (χ4n) is 0.741. The van der Waals surface area contributed by atoms with Crippen molar-refractivity contribution in [3.8, 4) is 5.75 Å². The van der Waals surface area contributed by atoms with Crippen LogP contribution in [-0.4, -0.2) is 11.3 Å². The van der Waals surface area contributed by atoms with Crippen molar-refractivity contribution in [2.45, 2.75) is 13.3 Å². The second-order valence-electron chi connectivity index (χ2n) is 2.42. The lowest BCUT2D eigenvalue weighted by atomic mass is 10.3. The average Bonchev–Trinajstić information content (AvgIpc) is 2.04. The molecular weight excluding hydrogens is 333 g/mol. The van der Waals surface area contributed by atoms with Crippen LogP contribution in [0.2, 0.25) is 5.02 Å². The minimum Gasteiger partial charge on any atom is -0.401 e. The topological polar surface area (TPSA) is 22.1 Å². The zero-order valence-corrected chi connectivity index (χ0v) is 9.74. The molecule has 0 unspecified atom stereocenters. The van der Waals surface area contributed by atoms with Crippen molar-refractivity contribution < 1.29 is 17.9 Å². The Morgan fingerprint density at radius 3 is 2.57 bits per heavy atom. The summed E-state index contributed by atoms with van der Waals surface area (Å²) in [6, 6.07) is 0. The number of hydrogen-bond acceptors (Lipinski definition) is 2. The van der Waals surface area contributed by atoms with Crippen molar-refractivity contribution in [1.82, 2.24) is 4.98 Å². The van der Waals surface area contributed by atoms with E-state index in [-0.39, 0.29) is 8.72 Å². The van der Waals surface area contributed by atoms with E-state index >= 15 is 0 Å². The molecule has 0 bridgehead atoms. The van der Waals surface area contributed by atoms with E-state index in [2.05, 4.69) is 9.72 Å². The van der Waals surface area contributed by atoms with E-state index in [9.17, 15) is 13.2 Å². The molecule has 14 heavy (non-hydrogen) atoms. The fraction of sp³-hybridized carbons (Fsp3) is 0.286. The molecule has 2 nitrogen and oxygen atoms in total. The lowest BCUT2D eigenvalue weighted by Crippen LogP contribution is -2.18. The third kappa shape index (κ3) is 2.88. The lowest BCUT2D eigenvalue weighted by Gasteiger charge is -2.12. The summed E-state index contributed by atoms with van der Waals surface area (Å²) in [4.78, 5) is 3.70. The highest BCUT2D eigenvalue weighted by Crippen LogP contribution is 2.34. The molecule has 0 radical (unpaired) electrons. The molecule has 0 aliphatic rings. The van der Waals surface area contributed by atoms with Gasteiger partial charge in [0.25, 0.3) is 0 Å². The van der Waals surface area contributed by atoms with Crippen LogP contribution in [0.15, 0.2) is 6.20 Å². The van der Waals surface area contributed by atoms with E-state index in [0.29, 0.717) is 5.56 Å². The monoisotopic (exact) mass is 337 g/mol. The van der Waals surface area contributed by atoms with Gasteiger partial charge in [-0.2, -0.15) is 0 Å². The van der Waals surface area contributed by atoms with Crippen LogP contribution in [0, 0.1) is 10.6 Å². The van der Waals surface area contributed by atoms with Crippen molar-refractivity contribution in [2.75, 3.05) is 0 Å². The maximum Gasteiger partial charge on any atom is 0.573 e. The Hall–Kier alpha value is -0.240. The molecule has 0 amide bonds. The molecule has 0 fully saturated rings. The standard InChI is InChI=1S/C7H4ClF3INO/c1-3-2-13-6(12)5(4(3)8)14-7(9,10)11/h2H,1H3. The molecule has 0 aliphatic carbocycles. The summed E-state index contributed by atoms with van der Waals surface area (Å²) in [7, 11) is 0. The summed E-state index contributed by atoms with van der Waals surface area (Å²) in [5.41, 5.74) is 0.436. The Balaban J connectivity index is 3.13. The van der Waals surface area contributed by atoms with E-state index in [1.165, 1.54) is 6.20 Å². The Bertz CT molecular complexity index is 356. The summed E-state index contributed by atoms with van der Waals surface area (Å²) in [6.45, 7) is 1.55. The minimum atomic E-state index is -4.75. The number of pyridine rings is 1. The van der Waals surface area contributed by atoms with Crippen LogP contribution in [0.4, 0.5) is 13.2 Å². The van der Waals surface area contributed by atoms with Crippen molar-refractivity contribution in [1.29, 1.82) is 0 Å². The molecule has 0 aromatic carbocycles. The highest BCUT2D eigenvalue weighted by molar-refractivity contribution is 14.1. The second-order valence-corrected chi connectivity index (χ2v) is 3.82. The smallest absolute Gasteiger partial charge is 0.401 e. The number of alkyl halides is 3. The van der Waals surface area contributed by atoms with Gasteiger partial charge in [-0.3, -0.25) is 0 Å². The highest BCUT2D eigenvalue weighted by atomic mass is 127. The Morgan fingerprint density at radius 2 is 2.07 bits per heavy atom. The maximum absolute atomic E-state index is 11.9. The summed E-state index contributed by atoms with van der Waals surface area (Å²) in [5.74, 6) is -0.445. The summed E-state index contributed by atoms with van der Waals surface area (Å²) in [5, 5.41) is -0.0678. The van der Waals surface area contributed by atoms with Gasteiger partial charge >= 0.3 is 6.36 Å². The zero-order valence-electron chi connectivity index (χ0n) is 6.82. The van der Waals surface area contributed by atoms with Crippen LogP contribution in [-0.2, 0) is 0 Å². The van der Waals surface area contributed by atoms with Gasteiger partial charge in [0.2, 0.25) is 0 Å². The molecule has 0 spiro atoms. The first-order chi connectivity index (χ1) is 6.31. The average molecular weight is 337 g/mol. The molecule has 0 saturated carbocycles. The van der Waals surface area contributed by atoms with Crippen LogP contribution in [0.25, 0.3) is 0 Å². The summed E-state index contributed by atoms with van der Waals surface area (Å²) in [6.07, 6.45) is -3.37. The van der Waals surface area contributed by atoms with E-state index in [0.717, 1.165) is 0 Å². The normalized spacial score (nSPS) is 11.6. The Kier molecular flexibility index (Phi) is 3.46. The molecule has 1 aromatic heterocycles. The Morgan fingerprint density at radius 1 is 1.50 bits per heavy atom. The number of ether oxygens (including phenoxy) is 1. The van der Waals surface area contributed by atoms with Crippen LogP contribution in [0.3, 0.4) is 0 Å². The number of aromatic nitrogens is 1. The fourth-order valence-corrected chi connectivity index (χ4v) is 1.60. The number of nitrogens with zero attached hydrogens (tertiary/aromatic N) is 1. The van der Waals surface area contributed by atoms with Crippen molar-refractivity contribution >= 4 is 34.2 Å². The quantitative estimate of drug-likeness (QED) is 0.577. The first-order valence-corrected chi connectivity index (χ1v) is 4.83. The van der Waals surface area contributed by atoms with Crippen molar-refractivity contribution in [3.63, 3.8) is 0 Å². The number of halogens is 5. The zero-order chi connectivity index (χ0) is 10.9. The molecule has 0 N–H and O–H groups in total. The predicted molar refractivity (Wildman–Crippen MR) is 53.4 cm³/mol. The lowest BCUT2D eigenvalue weighted by molar-refractivity contribution is -0.275. The molecule has 7 heteroatoms. The van der Waals surface area contributed by atoms with Gasteiger partial charge in [-0.15, -0.1) is 13.2 Å². The van der Waals surface area contributed by atoms with Gasteiger partial charge < -0.3 is 4.74 Å². The molecular formula is C7H4ClF3INO. The third-order valence-corrected chi connectivity index (χ3v) is 2.56. The van der Waals surface area contributed by atoms with Crippen LogP contribution >= 0.6 is 34.2 Å². The molecule has 0 aliphatic heterocycles. The van der Waals surface area contributed by atoms with Crippen molar-refractivity contribution in [2.24, 2.45) is 0 Å². The number of aryl methyl sites for hydroxylation is 1. The number of hydrogen-bond donors (Lipinski definition) is 0. The molecule has 0 atom stereocenters. The first kappa shape index (κ1) is 11.8. The van der Waals surface area contributed by atoms with E-state index in [4.69, 9.17) is 11.6 Å². The van der Waals surface area contributed by atoms with Crippen molar-refractivity contribution in [3.05, 3.63) is 20.5 Å². The largest absolute Gasteiger partial charge is 0.573 e. The van der Waals surface area contributed by atoms with E-state index in [1.807, 2.05) is 0 Å². The molecule has 1 aromatic rings. The van der Waals surface area contributed by atoms with Gasteiger partial charge in [-0.05, 0) is 35.1 Å². The van der Waals surface area contributed by atoms with E-state index < -0.39 is 12.1 Å². The van der Waals surface area contributed by atoms with Crippen LogP contribution in [0.5, 0.6) is 5.75 Å². The second kappa shape index (κ2) is 4.09. The van der Waals surface area contributed by atoms with Gasteiger partial charge in [-0.25, -0.2) is 4.98 Å². The molecule has 1 heterocycles. The molecule has 0 saturated heterocycles. The summed E-state index contributed by atoms with van der Waals surface area (Å²) >= 11 is 7.26. The van der Waals surface area contributed by atoms with Gasteiger partial charge in [-0.1, -0.05) is 11.6 Å². The Labute approximate surface area is 96.6 Å². The SMILES string of the molecule is Cc1cnc(I)c(OC(F)(F)F)c1Cl. The highest BCUT2D eigenvalue weighted by Gasteiger charge is 2.33. The van der Waals surface area contributed by atoms with Gasteiger partial charge in [0.1, 0.15) is 3.70 Å². The summed E-state index contributed by atoms with van der Waals surface area (Å²) < 4.78 is 39.6. The molecule has 78 valence electrons. The maximum atomic E-state index is 11.9. The van der Waals surface area contributed by atoms with E-state index in [1.54, 1.807) is 29.5 Å².